The van der Waals surface area contributed by atoms with Crippen molar-refractivity contribution in [1.82, 2.24) is 15.0 Å². The number of aromatic nitrogens is 3. The lowest BCUT2D eigenvalue weighted by atomic mass is 10.1. The molecule has 5 heteroatoms. The Kier molecular flexibility index (Phi) is 3.25. The Morgan fingerprint density at radius 1 is 0.955 bits per heavy atom. The summed E-state index contributed by atoms with van der Waals surface area (Å²) in [6, 6.07) is 13.9. The van der Waals surface area contributed by atoms with E-state index in [4.69, 9.17) is 4.74 Å². The molecule has 4 nitrogen and oxygen atoms in total. The van der Waals surface area contributed by atoms with Gasteiger partial charge in [-0.05, 0) is 17.7 Å². The number of hydrogen-bond donors (Lipinski definition) is 0. The van der Waals surface area contributed by atoms with Crippen molar-refractivity contribution in [2.45, 2.75) is 0 Å². The average molecular weight is 305 g/mol. The second-order valence-corrected chi connectivity index (χ2v) is 5.52. The lowest BCUT2D eigenvalue weighted by molar-refractivity contribution is 0.466. The third-order valence-corrected chi connectivity index (χ3v) is 4.16. The topological polar surface area (TPSA) is 47.9 Å². The molecule has 0 saturated carbocycles. The molecule has 3 aromatic heterocycles. The Hall–Kier alpha value is -2.79. The van der Waals surface area contributed by atoms with Gasteiger partial charge in [0.2, 0.25) is 5.88 Å². The molecule has 0 radical (unpaired) electrons. The molecule has 0 atom stereocenters. The van der Waals surface area contributed by atoms with E-state index in [-0.39, 0.29) is 0 Å². The van der Waals surface area contributed by atoms with Gasteiger partial charge in [0.1, 0.15) is 16.9 Å². The van der Waals surface area contributed by atoms with Crippen LogP contribution in [0.1, 0.15) is 0 Å². The zero-order chi connectivity index (χ0) is 14.8. The van der Waals surface area contributed by atoms with Crippen LogP contribution in [0.5, 0.6) is 11.6 Å². The van der Waals surface area contributed by atoms with E-state index >= 15 is 0 Å². The molecule has 0 saturated heterocycles. The highest BCUT2D eigenvalue weighted by Gasteiger charge is 2.14. The first-order valence-corrected chi connectivity index (χ1v) is 7.65. The van der Waals surface area contributed by atoms with Crippen molar-refractivity contribution in [2.24, 2.45) is 0 Å². The van der Waals surface area contributed by atoms with Crippen LogP contribution in [0.25, 0.3) is 21.3 Å². The fourth-order valence-corrected chi connectivity index (χ4v) is 3.18. The minimum Gasteiger partial charge on any atom is -0.437 e. The molecule has 0 aliphatic rings. The highest BCUT2D eigenvalue weighted by Crippen LogP contribution is 2.38. The van der Waals surface area contributed by atoms with E-state index in [2.05, 4.69) is 32.5 Å². The van der Waals surface area contributed by atoms with Crippen LogP contribution in [0.4, 0.5) is 0 Å². The second-order valence-electron chi connectivity index (χ2n) is 4.67. The highest BCUT2D eigenvalue weighted by molar-refractivity contribution is 7.17. The highest BCUT2D eigenvalue weighted by atomic mass is 32.1. The van der Waals surface area contributed by atoms with Crippen LogP contribution < -0.4 is 4.74 Å². The molecule has 0 amide bonds. The summed E-state index contributed by atoms with van der Waals surface area (Å²) in [7, 11) is 0. The summed E-state index contributed by atoms with van der Waals surface area (Å²) in [5.41, 5.74) is 2.21. The molecule has 4 rings (SSSR count). The third-order valence-electron chi connectivity index (χ3n) is 3.27. The van der Waals surface area contributed by atoms with Crippen molar-refractivity contribution in [2.75, 3.05) is 0 Å². The van der Waals surface area contributed by atoms with Crippen LogP contribution in [0, 0.1) is 0 Å². The van der Waals surface area contributed by atoms with Gasteiger partial charge in [-0.15, -0.1) is 11.3 Å². The normalized spacial score (nSPS) is 10.7. The van der Waals surface area contributed by atoms with Gasteiger partial charge in [-0.2, -0.15) is 0 Å². The first-order valence-electron chi connectivity index (χ1n) is 6.77. The zero-order valence-electron chi connectivity index (χ0n) is 11.5. The largest absolute Gasteiger partial charge is 0.437 e. The monoisotopic (exact) mass is 305 g/mol. The van der Waals surface area contributed by atoms with E-state index in [0.717, 1.165) is 21.3 Å². The predicted molar refractivity (Wildman–Crippen MR) is 87.2 cm³/mol. The SMILES string of the molecule is c1ccc(-c2csc3ncnc(Oc4cccnc4)c23)cc1. The molecule has 3 heterocycles. The summed E-state index contributed by atoms with van der Waals surface area (Å²) in [5.74, 6) is 1.21. The van der Waals surface area contributed by atoms with Gasteiger partial charge in [0.05, 0.1) is 11.6 Å². The van der Waals surface area contributed by atoms with Crippen molar-refractivity contribution in [3.05, 3.63) is 66.6 Å². The fraction of sp³-hybridized carbons (Fsp3) is 0. The molecular formula is C17H11N3OS. The molecule has 0 fully saturated rings. The van der Waals surface area contributed by atoms with Gasteiger partial charge in [0.15, 0.2) is 0 Å². The smallest absolute Gasteiger partial charge is 0.231 e. The maximum atomic E-state index is 5.91. The quantitative estimate of drug-likeness (QED) is 0.557. The summed E-state index contributed by atoms with van der Waals surface area (Å²) in [4.78, 5) is 13.6. The number of pyridine rings is 1. The van der Waals surface area contributed by atoms with E-state index in [1.165, 1.54) is 6.33 Å². The van der Waals surface area contributed by atoms with E-state index in [9.17, 15) is 0 Å². The van der Waals surface area contributed by atoms with Crippen LogP contribution in [0.3, 0.4) is 0 Å². The summed E-state index contributed by atoms with van der Waals surface area (Å²) in [5, 5.41) is 3.02. The first-order chi connectivity index (χ1) is 10.9. The summed E-state index contributed by atoms with van der Waals surface area (Å²) < 4.78 is 5.91. The van der Waals surface area contributed by atoms with E-state index < -0.39 is 0 Å². The minimum absolute atomic E-state index is 0.554. The average Bonchev–Trinajstić information content (AvgIpc) is 3.02. The number of fused-ring (bicyclic) bond motifs is 1. The molecule has 106 valence electrons. The molecule has 0 aliphatic heterocycles. The predicted octanol–water partition coefficient (Wildman–Crippen LogP) is 4.55. The third kappa shape index (κ3) is 2.31. The lowest BCUT2D eigenvalue weighted by Gasteiger charge is -2.06. The molecule has 0 aliphatic carbocycles. The van der Waals surface area contributed by atoms with Crippen LogP contribution in [0.2, 0.25) is 0 Å². The van der Waals surface area contributed by atoms with Gasteiger partial charge in [0, 0.05) is 17.1 Å². The Morgan fingerprint density at radius 3 is 2.68 bits per heavy atom. The van der Waals surface area contributed by atoms with Gasteiger partial charge in [-0.3, -0.25) is 4.98 Å². The first kappa shape index (κ1) is 12.9. The van der Waals surface area contributed by atoms with Crippen molar-refractivity contribution in [3.63, 3.8) is 0 Å². The van der Waals surface area contributed by atoms with Gasteiger partial charge < -0.3 is 4.74 Å². The Balaban J connectivity index is 1.87. The van der Waals surface area contributed by atoms with Gasteiger partial charge in [0.25, 0.3) is 0 Å². The number of rotatable bonds is 3. The Morgan fingerprint density at radius 2 is 1.86 bits per heavy atom. The number of nitrogens with zero attached hydrogens (tertiary/aromatic N) is 3. The lowest BCUT2D eigenvalue weighted by Crippen LogP contribution is -1.91. The van der Waals surface area contributed by atoms with Crippen LogP contribution in [-0.4, -0.2) is 15.0 Å². The summed E-state index contributed by atoms with van der Waals surface area (Å²) in [6.45, 7) is 0. The van der Waals surface area contributed by atoms with E-state index in [1.807, 2.05) is 30.3 Å². The Bertz CT molecular complexity index is 907. The zero-order valence-corrected chi connectivity index (χ0v) is 12.3. The second kappa shape index (κ2) is 5.54. The number of thiophene rings is 1. The van der Waals surface area contributed by atoms with Gasteiger partial charge in [-0.25, -0.2) is 9.97 Å². The molecule has 4 aromatic rings. The van der Waals surface area contributed by atoms with Gasteiger partial charge >= 0.3 is 0 Å². The molecule has 22 heavy (non-hydrogen) atoms. The van der Waals surface area contributed by atoms with Crippen LogP contribution in [0.15, 0.2) is 66.6 Å². The van der Waals surface area contributed by atoms with Crippen molar-refractivity contribution in [3.8, 4) is 22.8 Å². The maximum absolute atomic E-state index is 5.91. The number of benzene rings is 1. The Labute approximate surface area is 131 Å². The van der Waals surface area contributed by atoms with Crippen molar-refractivity contribution in [1.29, 1.82) is 0 Å². The molecular weight excluding hydrogens is 294 g/mol. The van der Waals surface area contributed by atoms with Crippen LogP contribution >= 0.6 is 11.3 Å². The van der Waals surface area contributed by atoms with Crippen molar-refractivity contribution >= 4 is 21.6 Å². The summed E-state index contributed by atoms with van der Waals surface area (Å²) >= 11 is 1.59. The minimum atomic E-state index is 0.554. The maximum Gasteiger partial charge on any atom is 0.231 e. The van der Waals surface area contributed by atoms with E-state index in [0.29, 0.717) is 11.6 Å². The molecule has 0 N–H and O–H groups in total. The molecule has 0 bridgehead atoms. The number of ether oxygens (including phenoxy) is 1. The van der Waals surface area contributed by atoms with Crippen molar-refractivity contribution < 1.29 is 4.74 Å². The fourth-order valence-electron chi connectivity index (χ4n) is 2.27. The van der Waals surface area contributed by atoms with Gasteiger partial charge in [-0.1, -0.05) is 30.3 Å². The van der Waals surface area contributed by atoms with E-state index in [1.54, 1.807) is 23.7 Å². The standard InChI is InChI=1S/C17H11N3OS/c1-2-5-12(6-3-1)14-10-22-17-15(14)16(19-11-20-17)21-13-7-4-8-18-9-13/h1-11H. The molecule has 0 spiro atoms. The van der Waals surface area contributed by atoms with Crippen LogP contribution in [-0.2, 0) is 0 Å². The summed E-state index contributed by atoms with van der Waals surface area (Å²) in [6.07, 6.45) is 4.91. The molecule has 1 aromatic carbocycles. The number of hydrogen-bond acceptors (Lipinski definition) is 5. The molecule has 0 unspecified atom stereocenters.